The molecule has 0 spiro atoms. The van der Waals surface area contributed by atoms with Crippen LogP contribution in [0.1, 0.15) is 119 Å². The summed E-state index contributed by atoms with van der Waals surface area (Å²) in [6.07, 6.45) is 10.1. The summed E-state index contributed by atoms with van der Waals surface area (Å²) in [6.45, 7) is 42.9. The number of hydrogen-bond acceptors (Lipinski definition) is 0. The van der Waals surface area contributed by atoms with Gasteiger partial charge in [0.2, 0.25) is 0 Å². The third-order valence-corrected chi connectivity index (χ3v) is 6.11. The zero-order valence-corrected chi connectivity index (χ0v) is 27.6. The van der Waals surface area contributed by atoms with Crippen LogP contribution in [0.2, 0.25) is 0 Å². The molecule has 2 rings (SSSR count). The summed E-state index contributed by atoms with van der Waals surface area (Å²) in [6, 6.07) is 18.0. The van der Waals surface area contributed by atoms with E-state index < -0.39 is 0 Å². The Morgan fingerprint density at radius 1 is 0.775 bits per heavy atom. The molecule has 1 atom stereocenters. The third kappa shape index (κ3) is 14.3. The van der Waals surface area contributed by atoms with E-state index in [9.17, 15) is 0 Å². The van der Waals surface area contributed by atoms with E-state index in [4.69, 9.17) is 0 Å². The Morgan fingerprint density at radius 3 is 1.62 bits per heavy atom. The lowest BCUT2D eigenvalue weighted by Crippen LogP contribution is -2.26. The summed E-state index contributed by atoms with van der Waals surface area (Å²) in [7, 11) is 0. The van der Waals surface area contributed by atoms with Crippen molar-refractivity contribution in [1.82, 2.24) is 0 Å². The summed E-state index contributed by atoms with van der Waals surface area (Å²) in [5.74, 6) is 0.223. The highest BCUT2D eigenvalue weighted by molar-refractivity contribution is 5.75. The summed E-state index contributed by atoms with van der Waals surface area (Å²) in [4.78, 5) is 0. The molecule has 2 aromatic rings. The average molecular weight is 545 g/mol. The first kappa shape index (κ1) is 43.9. The molecule has 0 fully saturated rings. The number of rotatable bonds is 7. The van der Waals surface area contributed by atoms with Crippen molar-refractivity contribution in [3.8, 4) is 0 Å². The molecule has 2 aromatic carbocycles. The minimum Gasteiger partial charge on any atom is -0.106 e. The zero-order chi connectivity index (χ0) is 31.2. The van der Waals surface area contributed by atoms with E-state index in [1.165, 1.54) is 27.8 Å². The number of benzene rings is 2. The second kappa shape index (κ2) is 23.7. The Morgan fingerprint density at radius 2 is 1.25 bits per heavy atom. The van der Waals surface area contributed by atoms with Gasteiger partial charge in [-0.15, -0.1) is 26.3 Å². The molecule has 0 bridgehead atoms. The van der Waals surface area contributed by atoms with Gasteiger partial charge in [0.1, 0.15) is 0 Å². The third-order valence-electron chi connectivity index (χ3n) is 6.11. The fourth-order valence-corrected chi connectivity index (χ4v) is 3.95. The van der Waals surface area contributed by atoms with Crippen LogP contribution in [0.25, 0.3) is 5.57 Å². The summed E-state index contributed by atoms with van der Waals surface area (Å²) in [5, 5.41) is 0. The lowest BCUT2D eigenvalue weighted by atomic mass is 9.69. The van der Waals surface area contributed by atoms with Gasteiger partial charge < -0.3 is 0 Å². The van der Waals surface area contributed by atoms with Gasteiger partial charge in [0.05, 0.1) is 0 Å². The lowest BCUT2D eigenvalue weighted by Gasteiger charge is -2.34. The van der Waals surface area contributed by atoms with E-state index in [0.29, 0.717) is 0 Å². The number of allylic oxidation sites excluding steroid dienone is 7. The molecule has 0 amide bonds. The first-order valence-electron chi connectivity index (χ1n) is 14.3. The Balaban J connectivity index is -0.000000582. The van der Waals surface area contributed by atoms with Crippen LogP contribution in [0.3, 0.4) is 0 Å². The van der Waals surface area contributed by atoms with Crippen molar-refractivity contribution in [3.05, 3.63) is 140 Å². The van der Waals surface area contributed by atoms with Gasteiger partial charge in [0, 0.05) is 5.92 Å². The molecule has 0 nitrogen and oxygen atoms in total. The van der Waals surface area contributed by atoms with Crippen LogP contribution < -0.4 is 0 Å². The Bertz CT molecular complexity index is 1000. The standard InChI is InChI=1S/C30H38.C3H6.2C2H6.C2H4.CH4/c1-10-22(4)20-23(11-2)25-14-13-15-27(21-25)30(8,9)28(12-3)24-16-18-26(19-17-24)29(5,6)7;1-3-2;3*1-2;/h10-21,28H,1,3H2,2,4-9H3;3H,1H2,2H3;2*1-2H3;1-2H2;1H4/b22-20-,23-11+;;;;;. The van der Waals surface area contributed by atoms with Crippen LogP contribution in [0.15, 0.2) is 117 Å². The molecule has 1 unspecified atom stereocenters. The molecule has 224 valence electrons. The maximum atomic E-state index is 4.19. The second-order valence-electron chi connectivity index (χ2n) is 10.1. The highest BCUT2D eigenvalue weighted by Gasteiger charge is 2.31. The van der Waals surface area contributed by atoms with Gasteiger partial charge in [-0.25, -0.2) is 0 Å². The molecule has 0 aliphatic carbocycles. The van der Waals surface area contributed by atoms with Crippen LogP contribution in [-0.4, -0.2) is 0 Å². The maximum Gasteiger partial charge on any atom is 0.0107 e. The lowest BCUT2D eigenvalue weighted by molar-refractivity contribution is 0.469. The molecular formula is C40H64. The minimum absolute atomic E-state index is 0. The molecule has 0 aliphatic rings. The van der Waals surface area contributed by atoms with Gasteiger partial charge in [-0.2, -0.15) is 0 Å². The van der Waals surface area contributed by atoms with E-state index >= 15 is 0 Å². The monoisotopic (exact) mass is 545 g/mol. The van der Waals surface area contributed by atoms with Crippen molar-refractivity contribution >= 4 is 5.57 Å². The molecule has 0 radical (unpaired) electrons. The normalized spacial score (nSPS) is 11.5. The SMILES string of the molecule is C.C=C.C=C/C(C)=C\C(=C/C)c1cccc(C(C)(C)C(C=C)c2ccc(C(C)(C)C)cc2)c1.C=CC.CC.CC. The molecule has 0 heterocycles. The summed E-state index contributed by atoms with van der Waals surface area (Å²) >= 11 is 0. The molecule has 0 heteroatoms. The molecule has 0 saturated heterocycles. The Labute approximate surface area is 252 Å². The van der Waals surface area contributed by atoms with E-state index in [0.717, 1.165) is 5.57 Å². The smallest absolute Gasteiger partial charge is 0.0107 e. The van der Waals surface area contributed by atoms with E-state index in [1.807, 2.05) is 40.7 Å². The van der Waals surface area contributed by atoms with Gasteiger partial charge in [-0.05, 0) is 59.4 Å². The summed E-state index contributed by atoms with van der Waals surface area (Å²) < 4.78 is 0. The largest absolute Gasteiger partial charge is 0.106 e. The van der Waals surface area contributed by atoms with Gasteiger partial charge in [-0.3, -0.25) is 0 Å². The molecule has 0 aliphatic heterocycles. The Kier molecular flexibility index (Phi) is 26.1. The maximum absolute atomic E-state index is 4.19. The fraction of sp³-hybridized carbons (Fsp3) is 0.400. The second-order valence-corrected chi connectivity index (χ2v) is 10.1. The highest BCUT2D eigenvalue weighted by atomic mass is 14.3. The van der Waals surface area contributed by atoms with Crippen LogP contribution in [0.4, 0.5) is 0 Å². The summed E-state index contributed by atoms with van der Waals surface area (Å²) in [5.41, 5.74) is 7.66. The van der Waals surface area contributed by atoms with Crippen molar-refractivity contribution in [2.24, 2.45) is 0 Å². The van der Waals surface area contributed by atoms with Crippen LogP contribution in [-0.2, 0) is 10.8 Å². The van der Waals surface area contributed by atoms with E-state index in [1.54, 1.807) is 6.08 Å². The average Bonchev–Trinajstić information content (AvgIpc) is 2.95. The minimum atomic E-state index is -0.0863. The van der Waals surface area contributed by atoms with Crippen LogP contribution in [0, 0.1) is 0 Å². The van der Waals surface area contributed by atoms with Gasteiger partial charge >= 0.3 is 0 Å². The quantitative estimate of drug-likeness (QED) is 0.240. The molecular weight excluding hydrogens is 480 g/mol. The van der Waals surface area contributed by atoms with Crippen LogP contribution >= 0.6 is 0 Å². The van der Waals surface area contributed by atoms with Gasteiger partial charge in [0.15, 0.2) is 0 Å². The number of hydrogen-bond donors (Lipinski definition) is 0. The topological polar surface area (TPSA) is 0 Å². The van der Waals surface area contributed by atoms with Crippen molar-refractivity contribution in [1.29, 1.82) is 0 Å². The molecule has 40 heavy (non-hydrogen) atoms. The van der Waals surface area contributed by atoms with Gasteiger partial charge in [-0.1, -0.05) is 161 Å². The van der Waals surface area contributed by atoms with Crippen molar-refractivity contribution in [2.75, 3.05) is 0 Å². The highest BCUT2D eigenvalue weighted by Crippen LogP contribution is 2.41. The first-order valence-corrected chi connectivity index (χ1v) is 14.3. The van der Waals surface area contributed by atoms with Crippen molar-refractivity contribution < 1.29 is 0 Å². The first-order chi connectivity index (χ1) is 18.5. The zero-order valence-electron chi connectivity index (χ0n) is 27.6. The van der Waals surface area contributed by atoms with Gasteiger partial charge in [0.25, 0.3) is 0 Å². The Hall–Kier alpha value is -3.12. The van der Waals surface area contributed by atoms with E-state index in [-0.39, 0.29) is 24.2 Å². The van der Waals surface area contributed by atoms with Crippen LogP contribution in [0.5, 0.6) is 0 Å². The van der Waals surface area contributed by atoms with Crippen molar-refractivity contribution in [3.63, 3.8) is 0 Å². The van der Waals surface area contributed by atoms with Crippen molar-refractivity contribution in [2.45, 2.75) is 107 Å². The molecule has 0 N–H and O–H groups in total. The fourth-order valence-electron chi connectivity index (χ4n) is 3.95. The predicted molar refractivity (Wildman–Crippen MR) is 192 cm³/mol. The van der Waals surface area contributed by atoms with E-state index in [2.05, 4.69) is 148 Å². The molecule has 0 saturated carbocycles. The predicted octanol–water partition coefficient (Wildman–Crippen LogP) is 13.5. The molecule has 0 aromatic heterocycles.